The fourth-order valence-corrected chi connectivity index (χ4v) is 1.37. The highest BCUT2D eigenvalue weighted by atomic mass is 16.1. The molecule has 0 radical (unpaired) electrons. The Morgan fingerprint density at radius 1 is 1.20 bits per heavy atom. The second kappa shape index (κ2) is 3.89. The van der Waals surface area contributed by atoms with Crippen molar-refractivity contribution in [1.29, 1.82) is 0 Å². The van der Waals surface area contributed by atoms with Gasteiger partial charge < -0.3 is 5.73 Å². The molecule has 0 spiro atoms. The third-order valence-corrected chi connectivity index (χ3v) is 2.42. The van der Waals surface area contributed by atoms with Crippen LogP contribution in [0.25, 0.3) is 5.57 Å². The Labute approximate surface area is 90.8 Å². The first-order valence-electron chi connectivity index (χ1n) is 4.92. The van der Waals surface area contributed by atoms with E-state index in [0.717, 1.165) is 11.1 Å². The van der Waals surface area contributed by atoms with Crippen molar-refractivity contribution in [2.24, 2.45) is 11.1 Å². The van der Waals surface area contributed by atoms with Gasteiger partial charge in [-0.15, -0.1) is 0 Å². The van der Waals surface area contributed by atoms with Crippen LogP contribution in [0.2, 0.25) is 0 Å². The van der Waals surface area contributed by atoms with E-state index < -0.39 is 5.91 Å². The summed E-state index contributed by atoms with van der Waals surface area (Å²) in [7, 11) is 0. The van der Waals surface area contributed by atoms with E-state index in [4.69, 9.17) is 5.73 Å². The van der Waals surface area contributed by atoms with Gasteiger partial charge in [-0.2, -0.15) is 0 Å². The summed E-state index contributed by atoms with van der Waals surface area (Å²) in [6.07, 6.45) is 0. The molecule has 0 aliphatic heterocycles. The summed E-state index contributed by atoms with van der Waals surface area (Å²) in [6.45, 7) is 10.2. The van der Waals surface area contributed by atoms with Crippen molar-refractivity contribution in [1.82, 2.24) is 0 Å². The minimum absolute atomic E-state index is 0.0639. The van der Waals surface area contributed by atoms with Gasteiger partial charge in [0.1, 0.15) is 0 Å². The molecule has 0 atom stereocenters. The first-order valence-corrected chi connectivity index (χ1v) is 4.92. The van der Waals surface area contributed by atoms with Crippen molar-refractivity contribution in [2.45, 2.75) is 20.8 Å². The molecule has 2 nitrogen and oxygen atoms in total. The molecule has 0 bridgehead atoms. The molecule has 2 heteroatoms. The van der Waals surface area contributed by atoms with Crippen LogP contribution in [0.3, 0.4) is 0 Å². The number of benzene rings is 1. The lowest BCUT2D eigenvalue weighted by Crippen LogP contribution is -2.16. The Balaban J connectivity index is 3.26. The normalized spacial score (nSPS) is 11.1. The highest BCUT2D eigenvalue weighted by Gasteiger charge is 2.20. The molecule has 15 heavy (non-hydrogen) atoms. The predicted molar refractivity (Wildman–Crippen MR) is 63.4 cm³/mol. The van der Waals surface area contributed by atoms with Crippen LogP contribution in [0, 0.1) is 5.41 Å². The molecule has 0 heterocycles. The molecule has 1 aromatic carbocycles. The summed E-state index contributed by atoms with van der Waals surface area (Å²) < 4.78 is 0. The Kier molecular flexibility index (Phi) is 2.98. The molecule has 0 aromatic heterocycles. The van der Waals surface area contributed by atoms with Gasteiger partial charge in [0.05, 0.1) is 0 Å². The molecule has 0 aliphatic rings. The van der Waals surface area contributed by atoms with Gasteiger partial charge in [-0.1, -0.05) is 45.5 Å². The minimum Gasteiger partial charge on any atom is -0.366 e. The van der Waals surface area contributed by atoms with E-state index in [1.165, 1.54) is 0 Å². The largest absolute Gasteiger partial charge is 0.366 e. The molecule has 1 amide bonds. The van der Waals surface area contributed by atoms with Crippen LogP contribution in [-0.2, 0) is 0 Å². The molecular weight excluding hydrogens is 186 g/mol. The van der Waals surface area contributed by atoms with Crippen molar-refractivity contribution in [3.8, 4) is 0 Å². The number of primary amides is 1. The van der Waals surface area contributed by atoms with Crippen molar-refractivity contribution in [3.05, 3.63) is 42.0 Å². The number of hydrogen-bond acceptors (Lipinski definition) is 1. The highest BCUT2D eigenvalue weighted by molar-refractivity contribution is 5.98. The lowest BCUT2D eigenvalue weighted by atomic mass is 9.81. The van der Waals surface area contributed by atoms with Crippen LogP contribution in [0.5, 0.6) is 0 Å². The molecular formula is C13H17NO. The van der Waals surface area contributed by atoms with Gasteiger partial charge in [0, 0.05) is 5.56 Å². The zero-order chi connectivity index (χ0) is 11.6. The monoisotopic (exact) mass is 203 g/mol. The van der Waals surface area contributed by atoms with Gasteiger partial charge in [-0.25, -0.2) is 0 Å². The van der Waals surface area contributed by atoms with Gasteiger partial charge in [0.2, 0.25) is 5.91 Å². The summed E-state index contributed by atoms with van der Waals surface area (Å²) in [6, 6.07) is 7.31. The molecule has 1 aromatic rings. The predicted octanol–water partition coefficient (Wildman–Crippen LogP) is 2.84. The fourth-order valence-electron chi connectivity index (χ4n) is 1.37. The minimum atomic E-state index is -0.406. The van der Waals surface area contributed by atoms with E-state index in [1.54, 1.807) is 12.1 Å². The standard InChI is InChI=1S/C13H17NO/c1-9(13(2,3)4)10-7-5-6-8-11(10)12(14)15/h5-8H,1H2,2-4H3,(H2,14,15). The van der Waals surface area contributed by atoms with Gasteiger partial charge in [0.25, 0.3) is 0 Å². The van der Waals surface area contributed by atoms with Gasteiger partial charge in [0.15, 0.2) is 0 Å². The van der Waals surface area contributed by atoms with Crippen LogP contribution in [-0.4, -0.2) is 5.91 Å². The molecule has 0 saturated carbocycles. The van der Waals surface area contributed by atoms with Gasteiger partial charge in [-0.05, 0) is 22.6 Å². The summed E-state index contributed by atoms with van der Waals surface area (Å²) >= 11 is 0. The van der Waals surface area contributed by atoms with Gasteiger partial charge >= 0.3 is 0 Å². The summed E-state index contributed by atoms with van der Waals surface area (Å²) in [5, 5.41) is 0. The highest BCUT2D eigenvalue weighted by Crippen LogP contribution is 2.33. The van der Waals surface area contributed by atoms with E-state index >= 15 is 0 Å². The Bertz CT molecular complexity index is 399. The number of carbonyl (C=O) groups is 1. The third kappa shape index (κ3) is 2.46. The molecule has 0 fully saturated rings. The van der Waals surface area contributed by atoms with Crippen molar-refractivity contribution in [3.63, 3.8) is 0 Å². The van der Waals surface area contributed by atoms with E-state index in [-0.39, 0.29) is 5.41 Å². The number of nitrogens with two attached hydrogens (primary N) is 1. The van der Waals surface area contributed by atoms with E-state index in [0.29, 0.717) is 5.56 Å². The number of rotatable bonds is 2. The van der Waals surface area contributed by atoms with Crippen LogP contribution >= 0.6 is 0 Å². The number of carbonyl (C=O) groups excluding carboxylic acids is 1. The molecule has 0 aliphatic carbocycles. The van der Waals surface area contributed by atoms with Crippen molar-refractivity contribution in [2.75, 3.05) is 0 Å². The smallest absolute Gasteiger partial charge is 0.249 e. The molecule has 2 N–H and O–H groups in total. The maximum Gasteiger partial charge on any atom is 0.249 e. The average molecular weight is 203 g/mol. The third-order valence-electron chi connectivity index (χ3n) is 2.42. The Morgan fingerprint density at radius 3 is 2.07 bits per heavy atom. The maximum absolute atomic E-state index is 11.2. The zero-order valence-electron chi connectivity index (χ0n) is 9.50. The summed E-state index contributed by atoms with van der Waals surface area (Å²) in [5.41, 5.74) is 7.56. The van der Waals surface area contributed by atoms with E-state index in [1.807, 2.05) is 12.1 Å². The zero-order valence-corrected chi connectivity index (χ0v) is 9.50. The van der Waals surface area contributed by atoms with E-state index in [2.05, 4.69) is 27.4 Å². The first-order chi connectivity index (χ1) is 6.84. The number of allylic oxidation sites excluding steroid dienone is 1. The second-order valence-electron chi connectivity index (χ2n) is 4.64. The van der Waals surface area contributed by atoms with Crippen molar-refractivity contribution < 1.29 is 4.79 Å². The topological polar surface area (TPSA) is 43.1 Å². The first kappa shape index (κ1) is 11.5. The summed E-state index contributed by atoms with van der Waals surface area (Å²) in [4.78, 5) is 11.2. The Hall–Kier alpha value is -1.57. The Morgan fingerprint density at radius 2 is 1.67 bits per heavy atom. The molecule has 80 valence electrons. The lowest BCUT2D eigenvalue weighted by Gasteiger charge is -2.23. The molecule has 1 rings (SSSR count). The molecule has 0 saturated heterocycles. The lowest BCUT2D eigenvalue weighted by molar-refractivity contribution is 0.1000. The van der Waals surface area contributed by atoms with Crippen LogP contribution < -0.4 is 5.73 Å². The molecule has 0 unspecified atom stereocenters. The quantitative estimate of drug-likeness (QED) is 0.789. The maximum atomic E-state index is 11.2. The van der Waals surface area contributed by atoms with Crippen LogP contribution in [0.15, 0.2) is 30.8 Å². The SMILES string of the molecule is C=C(c1ccccc1C(N)=O)C(C)(C)C. The second-order valence-corrected chi connectivity index (χ2v) is 4.64. The average Bonchev–Trinajstić information content (AvgIpc) is 2.15. The number of hydrogen-bond donors (Lipinski definition) is 1. The fraction of sp³-hybridized carbons (Fsp3) is 0.308. The number of amides is 1. The van der Waals surface area contributed by atoms with Gasteiger partial charge in [-0.3, -0.25) is 4.79 Å². The summed E-state index contributed by atoms with van der Waals surface area (Å²) in [5.74, 6) is -0.406. The van der Waals surface area contributed by atoms with Crippen molar-refractivity contribution >= 4 is 11.5 Å². The van der Waals surface area contributed by atoms with Crippen LogP contribution in [0.4, 0.5) is 0 Å². The van der Waals surface area contributed by atoms with Crippen LogP contribution in [0.1, 0.15) is 36.7 Å². The van der Waals surface area contributed by atoms with E-state index in [9.17, 15) is 4.79 Å².